The van der Waals surface area contributed by atoms with Crippen LogP contribution >= 0.6 is 34.0 Å². The molecule has 0 N–H and O–H groups in total. The summed E-state index contributed by atoms with van der Waals surface area (Å²) in [5.41, 5.74) is 3.37. The van der Waals surface area contributed by atoms with Gasteiger partial charge in [0, 0.05) is 29.3 Å². The summed E-state index contributed by atoms with van der Waals surface area (Å²) < 4.78 is 0. The molecule has 3 heterocycles. The highest BCUT2D eigenvalue weighted by Gasteiger charge is 2.23. The van der Waals surface area contributed by atoms with Crippen LogP contribution in [0.5, 0.6) is 0 Å². The Morgan fingerprint density at radius 3 is 1.58 bits per heavy atom. The molecule has 3 aromatic heterocycles. The van der Waals surface area contributed by atoms with Crippen LogP contribution in [0.25, 0.3) is 19.5 Å². The Hall–Kier alpha value is -0.900. The molecule has 0 amide bonds. The zero-order valence-corrected chi connectivity index (χ0v) is 19.7. The first-order chi connectivity index (χ1) is 12.0. The van der Waals surface area contributed by atoms with Gasteiger partial charge in [0.2, 0.25) is 0 Å². The molecule has 26 heavy (non-hydrogen) atoms. The van der Waals surface area contributed by atoms with Gasteiger partial charge in [-0.05, 0) is 66.5 Å². The van der Waals surface area contributed by atoms with Crippen LogP contribution in [0, 0.1) is 13.8 Å². The van der Waals surface area contributed by atoms with Crippen molar-refractivity contribution in [1.29, 1.82) is 0 Å². The van der Waals surface area contributed by atoms with Crippen LogP contribution in [0.4, 0.5) is 0 Å². The minimum absolute atomic E-state index is 0.223. The van der Waals surface area contributed by atoms with Gasteiger partial charge < -0.3 is 0 Å². The third-order valence-corrected chi connectivity index (χ3v) is 10.1. The third-order valence-electron chi connectivity index (χ3n) is 5.40. The van der Waals surface area contributed by atoms with Crippen LogP contribution in [0.3, 0.4) is 0 Å². The van der Waals surface area contributed by atoms with Crippen LogP contribution in [-0.4, -0.2) is 0 Å². The molecule has 0 aliphatic rings. The molecule has 0 unspecified atom stereocenters. The summed E-state index contributed by atoms with van der Waals surface area (Å²) in [6.07, 6.45) is 1.17. The van der Waals surface area contributed by atoms with E-state index in [1.165, 1.54) is 46.8 Å². The first-order valence-electron chi connectivity index (χ1n) is 9.36. The zero-order valence-electron chi connectivity index (χ0n) is 17.2. The first-order valence-corrected chi connectivity index (χ1v) is 11.8. The van der Waals surface area contributed by atoms with E-state index < -0.39 is 0 Å². The Balaban J connectivity index is 2.02. The fourth-order valence-electron chi connectivity index (χ4n) is 2.93. The third kappa shape index (κ3) is 3.58. The predicted octanol–water partition coefficient (Wildman–Crippen LogP) is 8.81. The fraction of sp³-hybridized carbons (Fsp3) is 0.478. The number of hydrogen-bond acceptors (Lipinski definition) is 3. The van der Waals surface area contributed by atoms with Gasteiger partial charge >= 0.3 is 0 Å². The number of hydrogen-bond donors (Lipinski definition) is 0. The second kappa shape index (κ2) is 6.92. The Kier molecular flexibility index (Phi) is 5.29. The lowest BCUT2D eigenvalue weighted by atomic mass is 9.89. The summed E-state index contributed by atoms with van der Waals surface area (Å²) in [5.74, 6) is 0. The standard InChI is InChI=1S/C23H30S3/c1-9-23(7,8)19-13-11-17(25-19)21-15(3)14(2)20(26-21)16-10-12-18(24-16)22(4,5)6/h10-13H,9H2,1-8H3. The minimum Gasteiger partial charge on any atom is -0.139 e. The van der Waals surface area contributed by atoms with E-state index in [4.69, 9.17) is 0 Å². The van der Waals surface area contributed by atoms with Crippen molar-refractivity contribution in [2.24, 2.45) is 0 Å². The Morgan fingerprint density at radius 2 is 1.15 bits per heavy atom. The Labute approximate surface area is 170 Å². The average molecular weight is 403 g/mol. The van der Waals surface area contributed by atoms with Crippen molar-refractivity contribution in [3.05, 3.63) is 45.1 Å². The van der Waals surface area contributed by atoms with Gasteiger partial charge in [-0.1, -0.05) is 41.5 Å². The monoisotopic (exact) mass is 402 g/mol. The van der Waals surface area contributed by atoms with Gasteiger partial charge in [-0.15, -0.1) is 34.0 Å². The topological polar surface area (TPSA) is 0 Å². The Morgan fingerprint density at radius 1 is 0.692 bits per heavy atom. The first kappa shape index (κ1) is 19.9. The zero-order chi connectivity index (χ0) is 19.3. The molecule has 0 saturated heterocycles. The summed E-state index contributed by atoms with van der Waals surface area (Å²) >= 11 is 5.89. The van der Waals surface area contributed by atoms with Crippen molar-refractivity contribution in [1.82, 2.24) is 0 Å². The van der Waals surface area contributed by atoms with Crippen LogP contribution < -0.4 is 0 Å². The molecular weight excluding hydrogens is 372 g/mol. The van der Waals surface area contributed by atoms with Crippen LogP contribution in [0.2, 0.25) is 0 Å². The largest absolute Gasteiger partial charge is 0.139 e. The molecule has 3 aromatic rings. The molecule has 0 spiro atoms. The van der Waals surface area contributed by atoms with Gasteiger partial charge in [-0.25, -0.2) is 0 Å². The van der Waals surface area contributed by atoms with E-state index in [0.29, 0.717) is 0 Å². The van der Waals surface area contributed by atoms with E-state index in [-0.39, 0.29) is 10.8 Å². The van der Waals surface area contributed by atoms with Crippen LogP contribution in [-0.2, 0) is 10.8 Å². The molecule has 0 radical (unpaired) electrons. The smallest absolute Gasteiger partial charge is 0.0481 e. The normalized spacial score (nSPS) is 12.8. The van der Waals surface area contributed by atoms with Gasteiger partial charge in [0.1, 0.15) is 0 Å². The second-order valence-electron chi connectivity index (χ2n) is 8.83. The molecular formula is C23H30S3. The van der Waals surface area contributed by atoms with Crippen molar-refractivity contribution >= 4 is 34.0 Å². The van der Waals surface area contributed by atoms with E-state index in [2.05, 4.69) is 79.7 Å². The minimum atomic E-state index is 0.223. The van der Waals surface area contributed by atoms with E-state index in [1.807, 2.05) is 34.0 Å². The van der Waals surface area contributed by atoms with Crippen molar-refractivity contribution in [3.8, 4) is 19.5 Å². The summed E-state index contributed by atoms with van der Waals surface area (Å²) in [5, 5.41) is 0. The summed E-state index contributed by atoms with van der Waals surface area (Å²) in [6, 6.07) is 9.28. The maximum absolute atomic E-state index is 2.35. The van der Waals surface area contributed by atoms with Gasteiger partial charge in [0.05, 0.1) is 0 Å². The van der Waals surface area contributed by atoms with E-state index in [9.17, 15) is 0 Å². The molecule has 3 heteroatoms. The quantitative estimate of drug-likeness (QED) is 0.409. The molecule has 140 valence electrons. The highest BCUT2D eigenvalue weighted by atomic mass is 32.1. The fourth-order valence-corrected chi connectivity index (χ4v) is 6.82. The van der Waals surface area contributed by atoms with Crippen molar-refractivity contribution in [2.75, 3.05) is 0 Å². The van der Waals surface area contributed by atoms with Crippen molar-refractivity contribution < 1.29 is 0 Å². The number of thiophene rings is 3. The van der Waals surface area contributed by atoms with Gasteiger partial charge in [0.25, 0.3) is 0 Å². The van der Waals surface area contributed by atoms with Crippen LogP contribution in [0.15, 0.2) is 24.3 Å². The van der Waals surface area contributed by atoms with E-state index >= 15 is 0 Å². The highest BCUT2D eigenvalue weighted by molar-refractivity contribution is 7.26. The molecule has 0 nitrogen and oxygen atoms in total. The maximum atomic E-state index is 2.35. The maximum Gasteiger partial charge on any atom is 0.0481 e. The summed E-state index contributed by atoms with van der Waals surface area (Å²) in [7, 11) is 0. The molecule has 0 saturated carbocycles. The molecule has 0 aliphatic carbocycles. The Bertz CT molecular complexity index is 910. The van der Waals surface area contributed by atoms with Gasteiger partial charge in [-0.3, -0.25) is 0 Å². The SMILES string of the molecule is CCC(C)(C)c1ccc(-c2sc(-c3ccc(C(C)(C)C)s3)c(C)c2C)s1. The summed E-state index contributed by atoms with van der Waals surface area (Å²) in [6.45, 7) is 18.4. The number of rotatable bonds is 4. The van der Waals surface area contributed by atoms with Gasteiger partial charge in [-0.2, -0.15) is 0 Å². The predicted molar refractivity (Wildman–Crippen MR) is 122 cm³/mol. The molecule has 0 aliphatic heterocycles. The van der Waals surface area contributed by atoms with Crippen molar-refractivity contribution in [3.63, 3.8) is 0 Å². The highest BCUT2D eigenvalue weighted by Crippen LogP contribution is 2.47. The lowest BCUT2D eigenvalue weighted by molar-refractivity contribution is 0.517. The lowest BCUT2D eigenvalue weighted by Gasteiger charge is -2.20. The molecule has 3 rings (SSSR count). The molecule has 0 atom stereocenters. The second-order valence-corrected chi connectivity index (χ2v) is 12.0. The molecule has 0 aromatic carbocycles. The molecule has 0 fully saturated rings. The average Bonchev–Trinajstić information content (AvgIpc) is 3.27. The summed E-state index contributed by atoms with van der Waals surface area (Å²) in [4.78, 5) is 8.69. The van der Waals surface area contributed by atoms with E-state index in [0.717, 1.165) is 0 Å². The van der Waals surface area contributed by atoms with E-state index in [1.54, 1.807) is 0 Å². The van der Waals surface area contributed by atoms with Gasteiger partial charge in [0.15, 0.2) is 0 Å². The molecule has 0 bridgehead atoms. The van der Waals surface area contributed by atoms with Crippen LogP contribution in [0.1, 0.15) is 68.8 Å². The lowest BCUT2D eigenvalue weighted by Crippen LogP contribution is -2.12. The van der Waals surface area contributed by atoms with Crippen molar-refractivity contribution in [2.45, 2.75) is 72.6 Å².